The summed E-state index contributed by atoms with van der Waals surface area (Å²) in [6.45, 7) is 1.73. The van der Waals surface area contributed by atoms with Gasteiger partial charge in [0.15, 0.2) is 11.5 Å². The molecule has 1 unspecified atom stereocenters. The van der Waals surface area contributed by atoms with E-state index in [-0.39, 0.29) is 17.7 Å². The van der Waals surface area contributed by atoms with Crippen LogP contribution in [-0.2, 0) is 10.9 Å². The molecule has 42 heavy (non-hydrogen) atoms. The summed E-state index contributed by atoms with van der Waals surface area (Å²) in [5.74, 6) is 0.815. The predicted molar refractivity (Wildman–Crippen MR) is 141 cm³/mol. The van der Waals surface area contributed by atoms with E-state index in [1.807, 2.05) is 0 Å². The van der Waals surface area contributed by atoms with Gasteiger partial charge in [0.1, 0.15) is 42.6 Å². The molecule has 14 heteroatoms. The molecule has 1 atom stereocenters. The van der Waals surface area contributed by atoms with E-state index in [0.717, 1.165) is 6.42 Å². The number of benzene rings is 3. The van der Waals surface area contributed by atoms with Gasteiger partial charge in [0, 0.05) is 18.2 Å². The standard InChI is InChI=1S/C28H22F4N4O6/c29-19-6-1-15(28(30,31)32)11-20(19)36-27(37)35-16-2-4-17(5-3-16)42-26-23-21(33-14-34-26)12-22(41-18-7-8-38-13-18)24-25(23)40-10-9-39-24/h1-6,11-12,14,18H,7-10,13H2,(H2,35,36,37). The number of carbonyl (C=O) groups excluding carboxylic acids is 1. The predicted octanol–water partition coefficient (Wildman–Crippen LogP) is 6.16. The molecule has 2 N–H and O–H groups in total. The highest BCUT2D eigenvalue weighted by atomic mass is 19.4. The quantitative estimate of drug-likeness (QED) is 0.258. The van der Waals surface area contributed by atoms with Crippen LogP contribution in [-0.4, -0.2) is 48.5 Å². The fourth-order valence-corrected chi connectivity index (χ4v) is 4.43. The Hall–Kier alpha value is -4.85. The minimum absolute atomic E-state index is 0.118. The summed E-state index contributed by atoms with van der Waals surface area (Å²) in [5.41, 5.74) is -0.928. The Morgan fingerprint density at radius 1 is 0.952 bits per heavy atom. The molecule has 4 aromatic rings. The fourth-order valence-electron chi connectivity index (χ4n) is 4.43. The third-order valence-corrected chi connectivity index (χ3v) is 6.39. The fraction of sp³-hybridized carbons (Fsp3) is 0.250. The molecule has 0 bridgehead atoms. The van der Waals surface area contributed by atoms with Gasteiger partial charge in [-0.25, -0.2) is 19.2 Å². The van der Waals surface area contributed by atoms with Gasteiger partial charge in [0.2, 0.25) is 11.6 Å². The lowest BCUT2D eigenvalue weighted by molar-refractivity contribution is -0.137. The van der Waals surface area contributed by atoms with E-state index < -0.39 is 29.3 Å². The van der Waals surface area contributed by atoms with Crippen molar-refractivity contribution in [1.82, 2.24) is 9.97 Å². The number of fused-ring (bicyclic) bond motifs is 3. The van der Waals surface area contributed by atoms with Gasteiger partial charge in [0.05, 0.1) is 30.0 Å². The topological polar surface area (TPSA) is 113 Å². The number of aromatic nitrogens is 2. The molecule has 3 heterocycles. The van der Waals surface area contributed by atoms with Gasteiger partial charge in [0.25, 0.3) is 0 Å². The van der Waals surface area contributed by atoms with Crippen molar-refractivity contribution < 1.29 is 46.0 Å². The van der Waals surface area contributed by atoms with E-state index in [0.29, 0.717) is 78.5 Å². The summed E-state index contributed by atoms with van der Waals surface area (Å²) in [6, 6.07) is 8.59. The van der Waals surface area contributed by atoms with E-state index in [1.165, 1.54) is 30.6 Å². The van der Waals surface area contributed by atoms with Gasteiger partial charge in [-0.15, -0.1) is 0 Å². The number of urea groups is 1. The molecule has 3 aromatic carbocycles. The van der Waals surface area contributed by atoms with Crippen molar-refractivity contribution in [2.75, 3.05) is 37.1 Å². The zero-order valence-corrected chi connectivity index (χ0v) is 21.7. The number of rotatable bonds is 6. The number of ether oxygens (including phenoxy) is 5. The van der Waals surface area contributed by atoms with E-state index in [1.54, 1.807) is 6.07 Å². The van der Waals surface area contributed by atoms with Crippen molar-refractivity contribution in [3.05, 3.63) is 66.2 Å². The molecule has 2 amide bonds. The molecule has 1 fully saturated rings. The molecular formula is C28H22F4N4O6. The maximum Gasteiger partial charge on any atom is 0.416 e. The molecule has 0 saturated carbocycles. The van der Waals surface area contributed by atoms with E-state index in [9.17, 15) is 22.4 Å². The smallest absolute Gasteiger partial charge is 0.416 e. The van der Waals surface area contributed by atoms with Crippen LogP contribution < -0.4 is 29.6 Å². The summed E-state index contributed by atoms with van der Waals surface area (Å²) >= 11 is 0. The van der Waals surface area contributed by atoms with Crippen LogP contribution in [0.15, 0.2) is 54.9 Å². The van der Waals surface area contributed by atoms with Gasteiger partial charge in [-0.05, 0) is 42.5 Å². The largest absolute Gasteiger partial charge is 0.485 e. The van der Waals surface area contributed by atoms with Crippen molar-refractivity contribution in [2.45, 2.75) is 18.7 Å². The Balaban J connectivity index is 1.19. The molecule has 1 aromatic heterocycles. The molecule has 0 spiro atoms. The molecule has 218 valence electrons. The van der Waals surface area contributed by atoms with Gasteiger partial charge in [-0.3, -0.25) is 0 Å². The number of anilines is 2. The van der Waals surface area contributed by atoms with E-state index in [2.05, 4.69) is 20.6 Å². The van der Waals surface area contributed by atoms with Crippen LogP contribution in [0.2, 0.25) is 0 Å². The summed E-state index contributed by atoms with van der Waals surface area (Å²) in [4.78, 5) is 20.9. The highest BCUT2D eigenvalue weighted by molar-refractivity contribution is 6.00. The first kappa shape index (κ1) is 27.3. The minimum atomic E-state index is -4.69. The van der Waals surface area contributed by atoms with Gasteiger partial charge < -0.3 is 34.3 Å². The third kappa shape index (κ3) is 5.79. The number of nitrogens with one attached hydrogen (secondary N) is 2. The summed E-state index contributed by atoms with van der Waals surface area (Å²) in [5, 5.41) is 5.00. The average Bonchev–Trinajstić information content (AvgIpc) is 3.48. The van der Waals surface area contributed by atoms with Crippen molar-refractivity contribution in [2.24, 2.45) is 0 Å². The highest BCUT2D eigenvalue weighted by Gasteiger charge is 2.31. The zero-order valence-electron chi connectivity index (χ0n) is 21.7. The van der Waals surface area contributed by atoms with Crippen LogP contribution in [0.3, 0.4) is 0 Å². The summed E-state index contributed by atoms with van der Waals surface area (Å²) in [7, 11) is 0. The van der Waals surface area contributed by atoms with Crippen LogP contribution in [0.25, 0.3) is 10.9 Å². The first-order valence-corrected chi connectivity index (χ1v) is 12.8. The molecule has 0 aliphatic carbocycles. The van der Waals surface area contributed by atoms with E-state index in [4.69, 9.17) is 23.7 Å². The van der Waals surface area contributed by atoms with Gasteiger partial charge in [-0.1, -0.05) is 0 Å². The lowest BCUT2D eigenvalue weighted by Gasteiger charge is -2.24. The molecule has 2 aliphatic rings. The second kappa shape index (κ2) is 11.2. The Morgan fingerprint density at radius 2 is 1.74 bits per heavy atom. The monoisotopic (exact) mass is 586 g/mol. The minimum Gasteiger partial charge on any atom is -0.485 e. The van der Waals surface area contributed by atoms with Crippen LogP contribution in [0.5, 0.6) is 28.9 Å². The maximum atomic E-state index is 14.0. The number of halogens is 4. The molecule has 0 radical (unpaired) electrons. The second-order valence-corrected chi connectivity index (χ2v) is 9.30. The molecule has 1 saturated heterocycles. The average molecular weight is 586 g/mol. The Labute approximate surface area is 235 Å². The molecule has 2 aliphatic heterocycles. The molecule has 10 nitrogen and oxygen atoms in total. The van der Waals surface area contributed by atoms with Gasteiger partial charge >= 0.3 is 12.2 Å². The summed E-state index contributed by atoms with van der Waals surface area (Å²) < 4.78 is 82.1. The van der Waals surface area contributed by atoms with E-state index >= 15 is 0 Å². The second-order valence-electron chi connectivity index (χ2n) is 9.30. The van der Waals surface area contributed by atoms with Crippen LogP contribution in [0, 0.1) is 5.82 Å². The van der Waals surface area contributed by atoms with Crippen LogP contribution >= 0.6 is 0 Å². The number of hydrogen-bond acceptors (Lipinski definition) is 8. The number of carbonyl (C=O) groups is 1. The SMILES string of the molecule is O=C(Nc1ccc(Oc2ncnc3cc(OC4CCOC4)c4c(c23)OCCO4)cc1)Nc1cc(C(F)(F)F)ccc1F. The molecular weight excluding hydrogens is 564 g/mol. The number of amides is 2. The van der Waals surface area contributed by atoms with Crippen LogP contribution in [0.4, 0.5) is 33.7 Å². The van der Waals surface area contributed by atoms with Gasteiger partial charge in [-0.2, -0.15) is 13.2 Å². The normalized spacial score (nSPS) is 16.2. The Morgan fingerprint density at radius 3 is 2.48 bits per heavy atom. The number of alkyl halides is 3. The van der Waals surface area contributed by atoms with Crippen molar-refractivity contribution >= 4 is 28.3 Å². The van der Waals surface area contributed by atoms with Crippen molar-refractivity contribution in [1.29, 1.82) is 0 Å². The first-order chi connectivity index (χ1) is 20.2. The Kier molecular flexibility index (Phi) is 7.29. The third-order valence-electron chi connectivity index (χ3n) is 6.39. The number of hydrogen-bond donors (Lipinski definition) is 2. The molecule has 6 rings (SSSR count). The van der Waals surface area contributed by atoms with Crippen molar-refractivity contribution in [3.8, 4) is 28.9 Å². The highest BCUT2D eigenvalue weighted by Crippen LogP contribution is 2.48. The summed E-state index contributed by atoms with van der Waals surface area (Å²) in [6.07, 6.45) is -2.72. The first-order valence-electron chi connectivity index (χ1n) is 12.8. The lowest BCUT2D eigenvalue weighted by Crippen LogP contribution is -2.20. The Bertz CT molecular complexity index is 1630. The maximum absolute atomic E-state index is 14.0. The zero-order chi connectivity index (χ0) is 29.3. The van der Waals surface area contributed by atoms with Crippen LogP contribution in [0.1, 0.15) is 12.0 Å². The lowest BCUT2D eigenvalue weighted by atomic mass is 10.1. The number of nitrogens with zero attached hydrogens (tertiary/aromatic N) is 2. The van der Waals surface area contributed by atoms with Crippen molar-refractivity contribution in [3.63, 3.8) is 0 Å².